The van der Waals surface area contributed by atoms with Crippen LogP contribution in [0.15, 0.2) is 89.8 Å². The monoisotopic (exact) mass is 476 g/mol. The van der Waals surface area contributed by atoms with Gasteiger partial charge < -0.3 is 4.74 Å². The smallest absolute Gasteiger partial charge is 0.337 e. The first-order valence-corrected chi connectivity index (χ1v) is 11.8. The molecule has 33 heavy (non-hydrogen) atoms. The molecule has 164 valence electrons. The summed E-state index contributed by atoms with van der Waals surface area (Å²) in [6.45, 7) is 0. The molecule has 8 heteroatoms. The van der Waals surface area contributed by atoms with Gasteiger partial charge in [0.1, 0.15) is 0 Å². The summed E-state index contributed by atoms with van der Waals surface area (Å²) in [5.74, 6) is -0.320. The van der Waals surface area contributed by atoms with Crippen LogP contribution in [0.25, 0.3) is 33.2 Å². The molecular weight excluding hydrogens is 460 g/mol. The lowest BCUT2D eigenvalue weighted by Gasteiger charge is -2.13. The van der Waals surface area contributed by atoms with Crippen LogP contribution in [0.3, 0.4) is 0 Å². The van der Waals surface area contributed by atoms with E-state index >= 15 is 0 Å². The second kappa shape index (κ2) is 8.03. The quantitative estimate of drug-likeness (QED) is 0.318. The highest BCUT2D eigenvalue weighted by atomic mass is 35.5. The van der Waals surface area contributed by atoms with Crippen LogP contribution in [0.4, 0.5) is 0 Å². The molecule has 5 aromatic rings. The van der Waals surface area contributed by atoms with Crippen LogP contribution < -0.4 is 0 Å². The molecule has 1 heterocycles. The van der Waals surface area contributed by atoms with Crippen molar-refractivity contribution >= 4 is 49.4 Å². The number of methoxy groups -OCH3 is 1. The van der Waals surface area contributed by atoms with Gasteiger partial charge in [-0.25, -0.2) is 22.2 Å². The number of hydrogen-bond donors (Lipinski definition) is 0. The van der Waals surface area contributed by atoms with Gasteiger partial charge in [-0.3, -0.25) is 0 Å². The Hall–Kier alpha value is -3.68. The summed E-state index contributed by atoms with van der Waals surface area (Å²) in [5, 5.41) is 2.23. The lowest BCUT2D eigenvalue weighted by molar-refractivity contribution is 0.0601. The maximum Gasteiger partial charge on any atom is 0.337 e. The molecule has 0 unspecified atom stereocenters. The minimum Gasteiger partial charge on any atom is -0.465 e. The number of carbonyl (C=O) groups is 1. The number of aromatic nitrogens is 2. The molecule has 0 amide bonds. The van der Waals surface area contributed by atoms with Gasteiger partial charge >= 0.3 is 5.97 Å². The summed E-state index contributed by atoms with van der Waals surface area (Å²) in [4.78, 5) is 16.9. The first-order chi connectivity index (χ1) is 15.9. The van der Waals surface area contributed by atoms with Gasteiger partial charge in [0.15, 0.2) is 5.82 Å². The lowest BCUT2D eigenvalue weighted by atomic mass is 10.0. The minimum atomic E-state index is -4.09. The third-order valence-electron chi connectivity index (χ3n) is 5.42. The first kappa shape index (κ1) is 21.2. The Balaban J connectivity index is 1.88. The molecular formula is C25H17ClN2O4S. The van der Waals surface area contributed by atoms with Gasteiger partial charge in [0, 0.05) is 10.6 Å². The molecule has 0 saturated carbocycles. The third-order valence-corrected chi connectivity index (χ3v) is 7.39. The van der Waals surface area contributed by atoms with Gasteiger partial charge in [-0.1, -0.05) is 54.1 Å². The molecule has 0 aliphatic rings. The minimum absolute atomic E-state index is 0.0520. The van der Waals surface area contributed by atoms with Crippen molar-refractivity contribution in [3.63, 3.8) is 0 Å². The molecule has 6 nitrogen and oxygen atoms in total. The standard InChI is InChI=1S/C25H17ClN2O4S/c1-32-25(29)17-9-14-22-23(15-17)28(33(30,31)19-12-10-18(26)11-13-19)24(27-22)21-8-4-6-16-5-2-3-7-20(16)21/h2-15H,1H3. The summed E-state index contributed by atoms with van der Waals surface area (Å²) in [6.07, 6.45) is 0. The fraction of sp³-hybridized carbons (Fsp3) is 0.0400. The van der Waals surface area contributed by atoms with Crippen LogP contribution in [0.2, 0.25) is 5.02 Å². The summed E-state index contributed by atoms with van der Waals surface area (Å²) in [5.41, 5.74) is 1.59. The van der Waals surface area contributed by atoms with Crippen LogP contribution in [-0.2, 0) is 14.8 Å². The Bertz CT molecular complexity index is 1640. The Kier molecular flexibility index (Phi) is 5.15. The number of nitrogens with zero attached hydrogens (tertiary/aromatic N) is 2. The second-order valence-electron chi connectivity index (χ2n) is 7.38. The van der Waals surface area contributed by atoms with Crippen LogP contribution in [0.1, 0.15) is 10.4 Å². The highest BCUT2D eigenvalue weighted by Crippen LogP contribution is 2.34. The summed E-state index contributed by atoms with van der Waals surface area (Å²) in [7, 11) is -2.82. The van der Waals surface area contributed by atoms with Crippen molar-refractivity contribution in [2.75, 3.05) is 7.11 Å². The Morgan fingerprint density at radius 1 is 0.939 bits per heavy atom. The molecule has 4 aromatic carbocycles. The first-order valence-electron chi connectivity index (χ1n) is 10.0. The van der Waals surface area contributed by atoms with E-state index in [0.717, 1.165) is 10.8 Å². The number of hydrogen-bond acceptors (Lipinski definition) is 5. The molecule has 1 aromatic heterocycles. The van der Waals surface area contributed by atoms with E-state index < -0.39 is 16.0 Å². The second-order valence-corrected chi connectivity index (χ2v) is 9.60. The van der Waals surface area contributed by atoms with Crippen molar-refractivity contribution < 1.29 is 17.9 Å². The van der Waals surface area contributed by atoms with Crippen molar-refractivity contribution in [3.8, 4) is 11.4 Å². The molecule has 0 saturated heterocycles. The fourth-order valence-electron chi connectivity index (χ4n) is 3.84. The third kappa shape index (κ3) is 3.55. The van der Waals surface area contributed by atoms with Gasteiger partial charge in [0.25, 0.3) is 10.0 Å². The van der Waals surface area contributed by atoms with Crippen molar-refractivity contribution in [2.24, 2.45) is 0 Å². The zero-order valence-electron chi connectivity index (χ0n) is 17.4. The van der Waals surface area contributed by atoms with Crippen LogP contribution >= 0.6 is 11.6 Å². The van der Waals surface area contributed by atoms with E-state index in [9.17, 15) is 13.2 Å². The van der Waals surface area contributed by atoms with E-state index in [1.807, 2.05) is 42.5 Å². The van der Waals surface area contributed by atoms with E-state index in [1.54, 1.807) is 12.1 Å². The lowest BCUT2D eigenvalue weighted by Crippen LogP contribution is -2.15. The molecule has 5 rings (SSSR count). The Morgan fingerprint density at radius 3 is 2.42 bits per heavy atom. The van der Waals surface area contributed by atoms with E-state index in [1.165, 1.54) is 41.4 Å². The van der Waals surface area contributed by atoms with Crippen LogP contribution in [-0.4, -0.2) is 30.5 Å². The molecule has 0 fully saturated rings. The normalized spacial score (nSPS) is 11.7. The molecule has 0 radical (unpaired) electrons. The number of ether oxygens (including phenoxy) is 1. The van der Waals surface area contributed by atoms with Gasteiger partial charge in [0.05, 0.1) is 28.6 Å². The number of halogens is 1. The van der Waals surface area contributed by atoms with E-state index in [4.69, 9.17) is 16.3 Å². The average molecular weight is 477 g/mol. The molecule has 0 atom stereocenters. The summed E-state index contributed by atoms with van der Waals surface area (Å²) >= 11 is 5.98. The maximum absolute atomic E-state index is 13.9. The number of benzene rings is 4. The van der Waals surface area contributed by atoms with Crippen molar-refractivity contribution in [2.45, 2.75) is 4.90 Å². The number of imidazole rings is 1. The van der Waals surface area contributed by atoms with Crippen molar-refractivity contribution in [3.05, 3.63) is 95.5 Å². The van der Waals surface area contributed by atoms with Crippen LogP contribution in [0, 0.1) is 0 Å². The van der Waals surface area contributed by atoms with Gasteiger partial charge in [-0.2, -0.15) is 0 Å². The molecule has 0 N–H and O–H groups in total. The van der Waals surface area contributed by atoms with Gasteiger partial charge in [-0.05, 0) is 53.2 Å². The zero-order valence-corrected chi connectivity index (χ0v) is 19.0. The summed E-state index contributed by atoms with van der Waals surface area (Å²) < 4.78 is 33.7. The maximum atomic E-state index is 13.9. The molecule has 0 aliphatic heterocycles. The Morgan fingerprint density at radius 2 is 1.67 bits per heavy atom. The fourth-order valence-corrected chi connectivity index (χ4v) is 5.43. The SMILES string of the molecule is COC(=O)c1ccc2nc(-c3cccc4ccccc34)n(S(=O)(=O)c3ccc(Cl)cc3)c2c1. The highest BCUT2D eigenvalue weighted by molar-refractivity contribution is 7.90. The highest BCUT2D eigenvalue weighted by Gasteiger charge is 2.27. The Labute approximate surface area is 195 Å². The van der Waals surface area contributed by atoms with E-state index in [-0.39, 0.29) is 21.8 Å². The average Bonchev–Trinajstić information content (AvgIpc) is 3.23. The predicted molar refractivity (Wildman–Crippen MR) is 128 cm³/mol. The van der Waals surface area contributed by atoms with E-state index in [0.29, 0.717) is 16.1 Å². The van der Waals surface area contributed by atoms with Gasteiger partial charge in [-0.15, -0.1) is 0 Å². The molecule has 0 spiro atoms. The zero-order chi connectivity index (χ0) is 23.2. The van der Waals surface area contributed by atoms with Gasteiger partial charge in [0.2, 0.25) is 0 Å². The molecule has 0 aliphatic carbocycles. The van der Waals surface area contributed by atoms with Crippen molar-refractivity contribution in [1.29, 1.82) is 0 Å². The molecule has 0 bridgehead atoms. The topological polar surface area (TPSA) is 78.3 Å². The summed E-state index contributed by atoms with van der Waals surface area (Å²) in [6, 6.07) is 23.9. The number of fused-ring (bicyclic) bond motifs is 2. The van der Waals surface area contributed by atoms with Crippen molar-refractivity contribution in [1.82, 2.24) is 8.96 Å². The largest absolute Gasteiger partial charge is 0.465 e. The van der Waals surface area contributed by atoms with E-state index in [2.05, 4.69) is 4.98 Å². The number of rotatable bonds is 4. The number of carbonyl (C=O) groups excluding carboxylic acids is 1. The predicted octanol–water partition coefficient (Wildman–Crippen LogP) is 5.53. The number of esters is 1. The van der Waals surface area contributed by atoms with Crippen LogP contribution in [0.5, 0.6) is 0 Å².